The normalized spacial score (nSPS) is 20.6. The molecule has 17 heavy (non-hydrogen) atoms. The average molecular weight is 234 g/mol. The highest BCUT2D eigenvalue weighted by atomic mass is 16.5. The summed E-state index contributed by atoms with van der Waals surface area (Å²) in [5.41, 5.74) is 0.597. The number of carbonyl (C=O) groups is 1. The maximum Gasteiger partial charge on any atom is 0.175 e. The summed E-state index contributed by atoms with van der Waals surface area (Å²) in [7, 11) is 0. The predicted octanol–water partition coefficient (Wildman–Crippen LogP) is 2.43. The molecule has 1 aliphatic rings. The van der Waals surface area contributed by atoms with E-state index in [9.17, 15) is 9.90 Å². The molecule has 0 saturated heterocycles. The molecule has 0 amide bonds. The number of carbonyl (C=O) groups excluding carboxylic acids is 1. The highest BCUT2D eigenvalue weighted by Gasteiger charge is 2.33. The van der Waals surface area contributed by atoms with Gasteiger partial charge in [-0.3, -0.25) is 4.79 Å². The maximum atomic E-state index is 12.2. The third kappa shape index (κ3) is 2.50. The molecule has 3 nitrogen and oxygen atoms in total. The summed E-state index contributed by atoms with van der Waals surface area (Å²) in [6.45, 7) is 2.36. The number of hydrogen-bond donors (Lipinski definition) is 1. The number of aliphatic hydroxyl groups excluding tert-OH is 1. The quantitative estimate of drug-likeness (QED) is 0.870. The molecule has 2 unspecified atom stereocenters. The summed E-state index contributed by atoms with van der Waals surface area (Å²) >= 11 is 0. The molecule has 1 N–H and O–H groups in total. The van der Waals surface area contributed by atoms with Gasteiger partial charge in [0.2, 0.25) is 0 Å². The fraction of sp³-hybridized carbons (Fsp3) is 0.500. The van der Waals surface area contributed by atoms with Crippen molar-refractivity contribution in [2.45, 2.75) is 32.3 Å². The van der Waals surface area contributed by atoms with E-state index in [0.29, 0.717) is 24.3 Å². The number of rotatable bonds is 4. The number of ketones is 1. The van der Waals surface area contributed by atoms with Gasteiger partial charge in [0.25, 0.3) is 0 Å². The van der Waals surface area contributed by atoms with Crippen LogP contribution in [-0.2, 0) is 0 Å². The lowest BCUT2D eigenvalue weighted by atomic mass is 9.88. The van der Waals surface area contributed by atoms with Gasteiger partial charge in [0.15, 0.2) is 5.78 Å². The molecule has 1 heterocycles. The number of Topliss-reactive ketones (excluding diaryl/α,β-unsaturated/α-hetero) is 1. The molecular formula is C14H18O3. The first-order chi connectivity index (χ1) is 8.24. The van der Waals surface area contributed by atoms with Crippen LogP contribution in [0.1, 0.15) is 36.5 Å². The van der Waals surface area contributed by atoms with Crippen molar-refractivity contribution in [1.29, 1.82) is 0 Å². The summed E-state index contributed by atoms with van der Waals surface area (Å²) in [6.07, 6.45) is 2.04. The monoisotopic (exact) mass is 234 g/mol. The predicted molar refractivity (Wildman–Crippen MR) is 65.3 cm³/mol. The van der Waals surface area contributed by atoms with Crippen molar-refractivity contribution in [2.75, 3.05) is 6.61 Å². The number of aliphatic hydroxyl groups is 1. The molecule has 0 fully saturated rings. The van der Waals surface area contributed by atoms with Crippen molar-refractivity contribution in [2.24, 2.45) is 5.92 Å². The third-order valence-corrected chi connectivity index (χ3v) is 3.23. The van der Waals surface area contributed by atoms with E-state index >= 15 is 0 Å². The van der Waals surface area contributed by atoms with E-state index in [0.717, 1.165) is 12.8 Å². The van der Waals surface area contributed by atoms with Crippen molar-refractivity contribution in [3.05, 3.63) is 29.8 Å². The first kappa shape index (κ1) is 12.1. The Balaban J connectivity index is 2.11. The van der Waals surface area contributed by atoms with Gasteiger partial charge in [-0.15, -0.1) is 0 Å². The van der Waals surface area contributed by atoms with Crippen LogP contribution >= 0.6 is 0 Å². The minimum absolute atomic E-state index is 0.00968. The number of ether oxygens (including phenoxy) is 1. The van der Waals surface area contributed by atoms with Crippen molar-refractivity contribution in [3.8, 4) is 5.75 Å². The minimum Gasteiger partial charge on any atom is -0.492 e. The Kier molecular flexibility index (Phi) is 3.79. The maximum absolute atomic E-state index is 12.2. The van der Waals surface area contributed by atoms with E-state index in [1.54, 1.807) is 12.1 Å². The van der Waals surface area contributed by atoms with Gasteiger partial charge in [0.1, 0.15) is 12.4 Å². The number of hydrogen-bond acceptors (Lipinski definition) is 3. The fourth-order valence-corrected chi connectivity index (χ4v) is 2.15. The number of unbranched alkanes of at least 4 members (excludes halogenated alkanes) is 1. The zero-order chi connectivity index (χ0) is 12.3. The lowest BCUT2D eigenvalue weighted by Gasteiger charge is -2.27. The minimum atomic E-state index is -0.587. The molecule has 0 spiro atoms. The molecule has 1 aromatic rings. The number of benzene rings is 1. The molecule has 2 rings (SSSR count). The topological polar surface area (TPSA) is 46.5 Å². The Morgan fingerprint density at radius 2 is 2.24 bits per heavy atom. The van der Waals surface area contributed by atoms with Gasteiger partial charge in [-0.1, -0.05) is 31.9 Å². The first-order valence-corrected chi connectivity index (χ1v) is 6.18. The van der Waals surface area contributed by atoms with Gasteiger partial charge in [-0.2, -0.15) is 0 Å². The number of fused-ring (bicyclic) bond motifs is 1. The molecule has 0 radical (unpaired) electrons. The SMILES string of the molecule is CCCCC(O)C1COc2ccccc2C1=O. The molecule has 0 bridgehead atoms. The first-order valence-electron chi connectivity index (χ1n) is 6.18. The smallest absolute Gasteiger partial charge is 0.175 e. The molecule has 1 aliphatic heterocycles. The molecule has 0 aromatic heterocycles. The summed E-state index contributed by atoms with van der Waals surface area (Å²) < 4.78 is 5.53. The van der Waals surface area contributed by atoms with Gasteiger partial charge in [0, 0.05) is 0 Å². The molecule has 0 saturated carbocycles. The summed E-state index contributed by atoms with van der Waals surface area (Å²) in [5, 5.41) is 10.0. The highest BCUT2D eigenvalue weighted by molar-refractivity contribution is 6.01. The van der Waals surface area contributed by atoms with Gasteiger partial charge in [0.05, 0.1) is 17.6 Å². The van der Waals surface area contributed by atoms with E-state index < -0.39 is 12.0 Å². The van der Waals surface area contributed by atoms with Crippen LogP contribution < -0.4 is 4.74 Å². The van der Waals surface area contributed by atoms with Crippen LogP contribution in [0.15, 0.2) is 24.3 Å². The van der Waals surface area contributed by atoms with Crippen LogP contribution in [0.2, 0.25) is 0 Å². The van der Waals surface area contributed by atoms with Crippen LogP contribution in [0.4, 0.5) is 0 Å². The van der Waals surface area contributed by atoms with Crippen molar-refractivity contribution in [1.82, 2.24) is 0 Å². The molecule has 2 atom stereocenters. The van der Waals surface area contributed by atoms with Crippen molar-refractivity contribution in [3.63, 3.8) is 0 Å². The Morgan fingerprint density at radius 1 is 1.47 bits per heavy atom. The lowest BCUT2D eigenvalue weighted by molar-refractivity contribution is 0.0446. The second-order valence-corrected chi connectivity index (χ2v) is 4.49. The average Bonchev–Trinajstić information content (AvgIpc) is 2.37. The van der Waals surface area contributed by atoms with Crippen LogP contribution in [0.25, 0.3) is 0 Å². The zero-order valence-corrected chi connectivity index (χ0v) is 10.1. The summed E-state index contributed by atoms with van der Waals surface area (Å²) in [6, 6.07) is 7.22. The Hall–Kier alpha value is -1.35. The standard InChI is InChI=1S/C14H18O3/c1-2-3-7-12(15)11-9-17-13-8-5-4-6-10(13)14(11)16/h4-6,8,11-12,15H,2-3,7,9H2,1H3. The fourth-order valence-electron chi connectivity index (χ4n) is 2.15. The molecule has 3 heteroatoms. The lowest BCUT2D eigenvalue weighted by Crippen LogP contribution is -2.36. The van der Waals surface area contributed by atoms with Crippen LogP contribution in [-0.4, -0.2) is 23.6 Å². The summed E-state index contributed by atoms with van der Waals surface area (Å²) in [4.78, 5) is 12.2. The Labute approximate surface area is 101 Å². The van der Waals surface area contributed by atoms with Gasteiger partial charge < -0.3 is 9.84 Å². The second-order valence-electron chi connectivity index (χ2n) is 4.49. The second kappa shape index (κ2) is 5.32. The van der Waals surface area contributed by atoms with E-state index in [4.69, 9.17) is 4.74 Å². The Bertz CT molecular complexity index is 400. The van der Waals surface area contributed by atoms with Gasteiger partial charge in [-0.25, -0.2) is 0 Å². The largest absolute Gasteiger partial charge is 0.492 e. The van der Waals surface area contributed by atoms with Crippen LogP contribution in [0, 0.1) is 5.92 Å². The van der Waals surface area contributed by atoms with Crippen LogP contribution in [0.3, 0.4) is 0 Å². The number of para-hydroxylation sites is 1. The van der Waals surface area contributed by atoms with Crippen LogP contribution in [0.5, 0.6) is 5.75 Å². The molecular weight excluding hydrogens is 216 g/mol. The van der Waals surface area contributed by atoms with Crippen molar-refractivity contribution < 1.29 is 14.6 Å². The molecule has 0 aliphatic carbocycles. The highest BCUT2D eigenvalue weighted by Crippen LogP contribution is 2.29. The molecule has 92 valence electrons. The Morgan fingerprint density at radius 3 is 3.00 bits per heavy atom. The zero-order valence-electron chi connectivity index (χ0n) is 10.1. The summed E-state index contributed by atoms with van der Waals surface area (Å²) in [5.74, 6) is 0.239. The van der Waals surface area contributed by atoms with E-state index in [-0.39, 0.29) is 5.78 Å². The van der Waals surface area contributed by atoms with Crippen molar-refractivity contribution >= 4 is 5.78 Å². The van der Waals surface area contributed by atoms with Gasteiger partial charge in [-0.05, 0) is 18.6 Å². The van der Waals surface area contributed by atoms with E-state index in [2.05, 4.69) is 6.92 Å². The van der Waals surface area contributed by atoms with E-state index in [1.165, 1.54) is 0 Å². The molecule has 1 aromatic carbocycles. The van der Waals surface area contributed by atoms with E-state index in [1.807, 2.05) is 12.1 Å². The third-order valence-electron chi connectivity index (χ3n) is 3.23. The van der Waals surface area contributed by atoms with Gasteiger partial charge >= 0.3 is 0 Å².